The third-order valence-electron chi connectivity index (χ3n) is 3.56. The molecule has 4 nitrogen and oxygen atoms in total. The quantitative estimate of drug-likeness (QED) is 0.876. The Balaban J connectivity index is 1.80. The summed E-state index contributed by atoms with van der Waals surface area (Å²) in [7, 11) is 1.97. The Bertz CT molecular complexity index is 472. The molecule has 1 atom stereocenters. The Morgan fingerprint density at radius 3 is 3.00 bits per heavy atom. The van der Waals surface area contributed by atoms with E-state index in [9.17, 15) is 4.79 Å². The van der Waals surface area contributed by atoms with E-state index in [1.807, 2.05) is 31.0 Å². The standard InChI is InChI=1S/C15H22ClN3O/c1-11-5-6-12(8-14(11)16)18-15(20)10-19(2)9-13-4-3-7-17-13/h5-6,8,13,17H,3-4,7,9-10H2,1-2H3,(H,18,20). The fourth-order valence-corrected chi connectivity index (χ4v) is 2.65. The van der Waals surface area contributed by atoms with Gasteiger partial charge in [0.05, 0.1) is 6.54 Å². The van der Waals surface area contributed by atoms with Crippen molar-refractivity contribution in [1.29, 1.82) is 0 Å². The van der Waals surface area contributed by atoms with Crippen molar-refractivity contribution in [1.82, 2.24) is 10.2 Å². The molecule has 2 N–H and O–H groups in total. The van der Waals surface area contributed by atoms with Crippen LogP contribution in [0.15, 0.2) is 18.2 Å². The third kappa shape index (κ3) is 4.47. The molecule has 1 heterocycles. The van der Waals surface area contributed by atoms with E-state index < -0.39 is 0 Å². The monoisotopic (exact) mass is 295 g/mol. The molecule has 1 aromatic carbocycles. The van der Waals surface area contributed by atoms with Crippen LogP contribution in [0.4, 0.5) is 5.69 Å². The Kier molecular flexibility index (Phi) is 5.40. The Morgan fingerprint density at radius 2 is 2.35 bits per heavy atom. The van der Waals surface area contributed by atoms with Crippen molar-refractivity contribution in [3.8, 4) is 0 Å². The van der Waals surface area contributed by atoms with E-state index >= 15 is 0 Å². The summed E-state index contributed by atoms with van der Waals surface area (Å²) in [6.45, 7) is 4.33. The molecular formula is C15H22ClN3O. The van der Waals surface area contributed by atoms with Crippen LogP contribution in [0.2, 0.25) is 5.02 Å². The Morgan fingerprint density at radius 1 is 1.55 bits per heavy atom. The van der Waals surface area contributed by atoms with Gasteiger partial charge < -0.3 is 10.6 Å². The lowest BCUT2D eigenvalue weighted by Crippen LogP contribution is -2.39. The highest BCUT2D eigenvalue weighted by molar-refractivity contribution is 6.31. The summed E-state index contributed by atoms with van der Waals surface area (Å²) in [5.41, 5.74) is 1.76. The predicted molar refractivity (Wildman–Crippen MR) is 83.3 cm³/mol. The van der Waals surface area contributed by atoms with Crippen molar-refractivity contribution in [3.63, 3.8) is 0 Å². The normalized spacial score (nSPS) is 18.5. The summed E-state index contributed by atoms with van der Waals surface area (Å²) in [6, 6.07) is 6.08. The van der Waals surface area contributed by atoms with Crippen LogP contribution < -0.4 is 10.6 Å². The second-order valence-electron chi connectivity index (χ2n) is 5.50. The van der Waals surface area contributed by atoms with Crippen LogP contribution in [-0.4, -0.2) is 43.5 Å². The number of likely N-dealkylation sites (N-methyl/N-ethyl adjacent to an activating group) is 1. The molecule has 0 spiro atoms. The number of carbonyl (C=O) groups excluding carboxylic acids is 1. The molecule has 1 fully saturated rings. The number of rotatable bonds is 5. The third-order valence-corrected chi connectivity index (χ3v) is 3.97. The van der Waals surface area contributed by atoms with E-state index in [1.165, 1.54) is 12.8 Å². The zero-order valence-corrected chi connectivity index (χ0v) is 12.8. The first-order valence-corrected chi connectivity index (χ1v) is 7.40. The van der Waals surface area contributed by atoms with E-state index in [2.05, 4.69) is 10.6 Å². The topological polar surface area (TPSA) is 44.4 Å². The number of nitrogens with one attached hydrogen (secondary N) is 2. The maximum absolute atomic E-state index is 12.0. The lowest BCUT2D eigenvalue weighted by atomic mass is 10.2. The largest absolute Gasteiger partial charge is 0.325 e. The minimum Gasteiger partial charge on any atom is -0.325 e. The summed E-state index contributed by atoms with van der Waals surface area (Å²) in [4.78, 5) is 14.0. The van der Waals surface area contributed by atoms with Gasteiger partial charge in [-0.25, -0.2) is 0 Å². The van der Waals surface area contributed by atoms with E-state index in [4.69, 9.17) is 11.6 Å². The molecule has 0 aromatic heterocycles. The van der Waals surface area contributed by atoms with Crippen LogP contribution in [0.5, 0.6) is 0 Å². The summed E-state index contributed by atoms with van der Waals surface area (Å²) in [6.07, 6.45) is 2.42. The molecular weight excluding hydrogens is 274 g/mol. The number of carbonyl (C=O) groups is 1. The summed E-state index contributed by atoms with van der Waals surface area (Å²) >= 11 is 6.05. The van der Waals surface area contributed by atoms with E-state index in [0.29, 0.717) is 17.6 Å². The van der Waals surface area contributed by atoms with Crippen molar-refractivity contribution >= 4 is 23.2 Å². The van der Waals surface area contributed by atoms with Gasteiger partial charge in [-0.3, -0.25) is 9.69 Å². The fraction of sp³-hybridized carbons (Fsp3) is 0.533. The Labute approximate surface area is 125 Å². The first-order chi connectivity index (χ1) is 9.54. The zero-order valence-electron chi connectivity index (χ0n) is 12.1. The molecule has 20 heavy (non-hydrogen) atoms. The van der Waals surface area contributed by atoms with Gasteiger partial charge >= 0.3 is 0 Å². The number of hydrogen-bond donors (Lipinski definition) is 2. The molecule has 110 valence electrons. The summed E-state index contributed by atoms with van der Waals surface area (Å²) < 4.78 is 0. The van der Waals surface area contributed by atoms with Crippen molar-refractivity contribution in [2.24, 2.45) is 0 Å². The van der Waals surface area contributed by atoms with Crippen molar-refractivity contribution in [2.45, 2.75) is 25.8 Å². The van der Waals surface area contributed by atoms with Crippen LogP contribution in [0, 0.1) is 6.92 Å². The van der Waals surface area contributed by atoms with Gasteiger partial charge in [-0.05, 0) is 51.1 Å². The number of amides is 1. The lowest BCUT2D eigenvalue weighted by molar-refractivity contribution is -0.117. The van der Waals surface area contributed by atoms with Gasteiger partial charge in [0.2, 0.25) is 5.91 Å². The first kappa shape index (κ1) is 15.3. The number of nitrogens with zero attached hydrogens (tertiary/aromatic N) is 1. The van der Waals surface area contributed by atoms with Gasteiger partial charge in [0, 0.05) is 23.3 Å². The smallest absolute Gasteiger partial charge is 0.238 e. The van der Waals surface area contributed by atoms with Crippen LogP contribution in [0.3, 0.4) is 0 Å². The first-order valence-electron chi connectivity index (χ1n) is 7.02. The number of hydrogen-bond acceptors (Lipinski definition) is 3. The van der Waals surface area contributed by atoms with Gasteiger partial charge in [0.1, 0.15) is 0 Å². The average Bonchev–Trinajstić information content (AvgIpc) is 2.86. The molecule has 5 heteroatoms. The molecule has 1 unspecified atom stereocenters. The molecule has 1 amide bonds. The molecule has 0 aliphatic carbocycles. The van der Waals surface area contributed by atoms with Crippen molar-refractivity contribution in [3.05, 3.63) is 28.8 Å². The summed E-state index contributed by atoms with van der Waals surface area (Å²) in [5, 5.41) is 6.99. The molecule has 2 rings (SSSR count). The molecule has 1 aliphatic rings. The minimum atomic E-state index is -0.00887. The lowest BCUT2D eigenvalue weighted by Gasteiger charge is -2.20. The summed E-state index contributed by atoms with van der Waals surface area (Å²) in [5.74, 6) is -0.00887. The Hall–Kier alpha value is -1.10. The highest BCUT2D eigenvalue weighted by atomic mass is 35.5. The fourth-order valence-electron chi connectivity index (χ4n) is 2.47. The van der Waals surface area contributed by atoms with Crippen LogP contribution in [0.25, 0.3) is 0 Å². The SMILES string of the molecule is Cc1ccc(NC(=O)CN(C)CC2CCCN2)cc1Cl. The highest BCUT2D eigenvalue weighted by Gasteiger charge is 2.17. The van der Waals surface area contributed by atoms with Crippen LogP contribution in [-0.2, 0) is 4.79 Å². The van der Waals surface area contributed by atoms with E-state index in [0.717, 1.165) is 24.3 Å². The molecule has 0 bridgehead atoms. The van der Waals surface area contributed by atoms with Gasteiger partial charge in [-0.2, -0.15) is 0 Å². The molecule has 1 aliphatic heterocycles. The van der Waals surface area contributed by atoms with E-state index in [1.54, 1.807) is 6.07 Å². The van der Waals surface area contributed by atoms with Gasteiger partial charge in [0.25, 0.3) is 0 Å². The van der Waals surface area contributed by atoms with Crippen molar-refractivity contribution < 1.29 is 4.79 Å². The maximum Gasteiger partial charge on any atom is 0.238 e. The van der Waals surface area contributed by atoms with Gasteiger partial charge in [-0.15, -0.1) is 0 Å². The predicted octanol–water partition coefficient (Wildman–Crippen LogP) is 2.27. The number of benzene rings is 1. The zero-order chi connectivity index (χ0) is 14.5. The number of anilines is 1. The number of halogens is 1. The molecule has 0 saturated carbocycles. The molecule has 1 saturated heterocycles. The minimum absolute atomic E-state index is 0.00887. The average molecular weight is 296 g/mol. The van der Waals surface area contributed by atoms with Gasteiger partial charge in [-0.1, -0.05) is 17.7 Å². The number of aryl methyl sites for hydroxylation is 1. The maximum atomic E-state index is 12.0. The molecule has 1 aromatic rings. The van der Waals surface area contributed by atoms with E-state index in [-0.39, 0.29) is 5.91 Å². The second kappa shape index (κ2) is 7.07. The van der Waals surface area contributed by atoms with Gasteiger partial charge in [0.15, 0.2) is 0 Å². The van der Waals surface area contributed by atoms with Crippen molar-refractivity contribution in [2.75, 3.05) is 32.0 Å². The second-order valence-corrected chi connectivity index (χ2v) is 5.91. The van der Waals surface area contributed by atoms with Crippen LogP contribution >= 0.6 is 11.6 Å². The highest BCUT2D eigenvalue weighted by Crippen LogP contribution is 2.19. The van der Waals surface area contributed by atoms with Crippen LogP contribution in [0.1, 0.15) is 18.4 Å². The molecule has 0 radical (unpaired) electrons.